The van der Waals surface area contributed by atoms with Crippen LogP contribution in [0.3, 0.4) is 0 Å². The van der Waals surface area contributed by atoms with E-state index in [4.69, 9.17) is 19.3 Å². The van der Waals surface area contributed by atoms with E-state index in [0.29, 0.717) is 36.1 Å². The van der Waals surface area contributed by atoms with Crippen LogP contribution >= 0.6 is 0 Å². The number of alkyl halides is 6. The lowest BCUT2D eigenvalue weighted by molar-refractivity contribution is -0.211. The first kappa shape index (κ1) is 101. The highest BCUT2D eigenvalue weighted by Crippen LogP contribution is 2.47. The van der Waals surface area contributed by atoms with E-state index in [1.54, 1.807) is 4.68 Å². The van der Waals surface area contributed by atoms with Gasteiger partial charge in [0.25, 0.3) is 0 Å². The van der Waals surface area contributed by atoms with E-state index in [2.05, 4.69) is 307 Å². The highest BCUT2D eigenvalue weighted by Gasteiger charge is 2.49. The fourth-order valence-corrected chi connectivity index (χ4v) is 20.0. The van der Waals surface area contributed by atoms with Gasteiger partial charge in [0.15, 0.2) is 12.2 Å². The number of hydrogen-bond donors (Lipinski definition) is 3. The first-order valence-electron chi connectivity index (χ1n) is 47.9. The third-order valence-corrected chi connectivity index (χ3v) is 28.3. The van der Waals surface area contributed by atoms with E-state index in [0.717, 1.165) is 134 Å². The van der Waals surface area contributed by atoms with Crippen molar-refractivity contribution >= 4 is 5.82 Å². The van der Waals surface area contributed by atoms with E-state index in [1.165, 1.54) is 105 Å². The zero-order valence-electron chi connectivity index (χ0n) is 80.7. The first-order chi connectivity index (χ1) is 60.6. The van der Waals surface area contributed by atoms with Crippen molar-refractivity contribution in [2.75, 3.05) is 83.7 Å². The molecule has 6 unspecified atom stereocenters. The van der Waals surface area contributed by atoms with Crippen molar-refractivity contribution in [1.82, 2.24) is 34.4 Å². The second-order valence-electron chi connectivity index (χ2n) is 44.4. The van der Waals surface area contributed by atoms with Crippen LogP contribution < -0.4 is 4.90 Å². The van der Waals surface area contributed by atoms with Crippen LogP contribution in [-0.4, -0.2) is 195 Å². The molecule has 14 nitrogen and oxygen atoms in total. The van der Waals surface area contributed by atoms with E-state index in [9.17, 15) is 36.6 Å². The van der Waals surface area contributed by atoms with Gasteiger partial charge in [0, 0.05) is 94.5 Å². The van der Waals surface area contributed by atoms with E-state index < -0.39 is 24.6 Å². The van der Waals surface area contributed by atoms with Crippen molar-refractivity contribution in [3.63, 3.8) is 0 Å². The van der Waals surface area contributed by atoms with Crippen LogP contribution in [0.1, 0.15) is 276 Å². The molecule has 0 amide bonds. The molecular formula is C109H152F6N8O6. The van der Waals surface area contributed by atoms with Gasteiger partial charge in [-0.15, -0.1) is 0 Å². The summed E-state index contributed by atoms with van der Waals surface area (Å²) >= 11 is 0. The molecule has 1 spiro atoms. The Kier molecular flexibility index (Phi) is 33.1. The van der Waals surface area contributed by atoms with Gasteiger partial charge in [0.05, 0.1) is 63.5 Å². The Labute approximate surface area is 768 Å². The van der Waals surface area contributed by atoms with Gasteiger partial charge < -0.3 is 34.4 Å². The number of benzene rings is 6. The molecule has 11 heterocycles. The Balaban J connectivity index is 0.000000141. The number of morpholine rings is 2. The highest BCUT2D eigenvalue weighted by atomic mass is 19.4. The number of rotatable bonds is 15. The van der Waals surface area contributed by atoms with Gasteiger partial charge in [-0.2, -0.15) is 31.4 Å². The van der Waals surface area contributed by atoms with Crippen molar-refractivity contribution in [2.45, 2.75) is 339 Å². The molecule has 6 aromatic carbocycles. The lowest BCUT2D eigenvalue weighted by Gasteiger charge is -2.52. The molecule has 17 rings (SSSR count). The summed E-state index contributed by atoms with van der Waals surface area (Å²) in [7, 11) is 0. The number of ether oxygens (including phenoxy) is 3. The normalized spacial score (nSPS) is 23.2. The predicted octanol–water partition coefficient (Wildman–Crippen LogP) is 23.0. The standard InChI is InChI=1S/2C20H28F3NO.C19H24N2O.C18H27NO.C17H25NO.C15H20N2O/c2*1-19(2,3)15-6-4-13(5-7-15)14-10-16-8-9-17(11-14)24(16)12-18(25)20(21,22)23;1-19(2,3)17-6-4-15(5-7-17)16-8-9-20-18(14-16)21-10-12-22-13-11-21;1-17(2,3)16-8-6-15(7-9-16)12-19-11-5-4-10-18(19)13-20-14-18;1-17(2,3)14-6-4-13(5-7-14)10-18-11-15-8-9-16(12-18)19-15;1-15(2,3)14-6-4-12(5-7-14)13-10-16-17(11-13)8-9-18/h2*4-7,14,16-18,25H,8-12H2,1-3H3;4-9,14H,10-13H2,1-3H3;6-9H,4-5,10-14H2,1-3H3;4-7,15-16H,8-12H2,1-3H3;4-7,10-11,18H,8-9H2,1-3H3/t2*14?,16-,17+,18?;;;;. The quantitative estimate of drug-likeness (QED) is 0.0841. The van der Waals surface area contributed by atoms with Gasteiger partial charge in [-0.3, -0.25) is 24.3 Å². The summed E-state index contributed by atoms with van der Waals surface area (Å²) in [4.78, 5) is 15.8. The van der Waals surface area contributed by atoms with E-state index in [1.807, 2.05) is 28.4 Å². The molecular weight excluding hydrogens is 1630 g/mol. The Morgan fingerprint density at radius 1 is 0.434 bits per heavy atom. The smallest absolute Gasteiger partial charge is 0.394 e. The van der Waals surface area contributed by atoms with Crippen LogP contribution in [0, 0.1) is 0 Å². The molecule has 3 N–H and O–H groups in total. The number of anilines is 1. The summed E-state index contributed by atoms with van der Waals surface area (Å²) in [5.41, 5.74) is 19.7. The second-order valence-corrected chi connectivity index (χ2v) is 44.4. The topological polar surface area (TPSA) is 135 Å². The Bertz CT molecular complexity index is 4610. The molecule has 0 radical (unpaired) electrons. The minimum absolute atomic E-state index is 0.115. The number of pyridine rings is 1. The lowest BCUT2D eigenvalue weighted by atomic mass is 9.82. The molecule has 9 saturated heterocycles. The number of likely N-dealkylation sites (tertiary alicyclic amines) is 2. The average molecular weight is 1780 g/mol. The molecule has 20 heteroatoms. The highest BCUT2D eigenvalue weighted by molar-refractivity contribution is 5.67. The van der Waals surface area contributed by atoms with Crippen LogP contribution in [0.4, 0.5) is 32.2 Å². The minimum atomic E-state index is -4.53. The molecule has 706 valence electrons. The largest absolute Gasteiger partial charge is 0.415 e. The fraction of sp³-hybridized carbons (Fsp3) is 0.596. The van der Waals surface area contributed by atoms with Crippen molar-refractivity contribution in [3.8, 4) is 22.3 Å². The number of aliphatic hydroxyl groups excluding tert-OH is 3. The second kappa shape index (κ2) is 42.5. The van der Waals surface area contributed by atoms with Gasteiger partial charge in [0.2, 0.25) is 0 Å². The van der Waals surface area contributed by atoms with Crippen molar-refractivity contribution in [2.24, 2.45) is 0 Å². The summed E-state index contributed by atoms with van der Waals surface area (Å²) in [5, 5.41) is 31.9. The van der Waals surface area contributed by atoms with Crippen LogP contribution in [0.15, 0.2) is 176 Å². The third kappa shape index (κ3) is 27.7. The Morgan fingerprint density at radius 3 is 1.19 bits per heavy atom. The number of aromatic nitrogens is 3. The van der Waals surface area contributed by atoms with Crippen molar-refractivity contribution < 1.29 is 55.9 Å². The Hall–Kier alpha value is -7.34. The molecule has 129 heavy (non-hydrogen) atoms. The van der Waals surface area contributed by atoms with Gasteiger partial charge in [-0.05, 0) is 212 Å². The molecule has 6 bridgehead atoms. The third-order valence-electron chi connectivity index (χ3n) is 28.3. The number of hydrogen-bond acceptors (Lipinski definition) is 13. The summed E-state index contributed by atoms with van der Waals surface area (Å²) in [5.74, 6) is 1.86. The molecule has 10 atom stereocenters. The fourth-order valence-electron chi connectivity index (χ4n) is 20.0. The summed E-state index contributed by atoms with van der Waals surface area (Å²) < 4.78 is 94.6. The first-order valence-corrected chi connectivity index (χ1v) is 47.9. The summed E-state index contributed by atoms with van der Waals surface area (Å²) in [6, 6.07) is 58.1. The van der Waals surface area contributed by atoms with Gasteiger partial charge in [-0.25, -0.2) is 4.98 Å². The van der Waals surface area contributed by atoms with Crippen LogP contribution in [0.25, 0.3) is 22.3 Å². The van der Waals surface area contributed by atoms with Crippen LogP contribution in [0.2, 0.25) is 0 Å². The number of aliphatic hydroxyl groups is 3. The predicted molar refractivity (Wildman–Crippen MR) is 512 cm³/mol. The minimum Gasteiger partial charge on any atom is -0.394 e. The summed E-state index contributed by atoms with van der Waals surface area (Å²) in [6.45, 7) is 51.0. The SMILES string of the molecule is CC(C)(C)c1ccc(-c2ccnc(N3CCOCC3)c2)cc1.CC(C)(C)c1ccc(-c2cnn(CCO)c2)cc1.CC(C)(C)c1ccc(C2C[C@H]3CC[C@@H](C2)N3CC(O)C(F)(F)F)cc1.CC(C)(C)c1ccc(C2C[C@H]3CC[C@@H](C2)N3CC(O)C(F)(F)F)cc1.CC(C)(C)c1ccc(CN2CC3CCC(C2)O3)cc1.CC(C)(C)c1ccc(CN2CCCCC23COC3)cc1. The van der Waals surface area contributed by atoms with Gasteiger partial charge in [-0.1, -0.05) is 277 Å². The van der Waals surface area contributed by atoms with E-state index in [-0.39, 0.29) is 76.4 Å². The van der Waals surface area contributed by atoms with Gasteiger partial charge >= 0.3 is 12.4 Å². The number of piperidine rings is 3. The molecule has 9 fully saturated rings. The maximum absolute atomic E-state index is 12.7. The zero-order valence-corrected chi connectivity index (χ0v) is 80.7. The zero-order chi connectivity index (χ0) is 93.2. The molecule has 0 aliphatic carbocycles. The molecule has 8 aromatic rings. The van der Waals surface area contributed by atoms with Crippen LogP contribution in [-0.2, 0) is 66.3 Å². The monoisotopic (exact) mass is 1780 g/mol. The Morgan fingerprint density at radius 2 is 0.814 bits per heavy atom. The number of halogens is 6. The van der Waals surface area contributed by atoms with Crippen LogP contribution in [0.5, 0.6) is 0 Å². The van der Waals surface area contributed by atoms with Gasteiger partial charge in [0.1, 0.15) is 5.82 Å². The molecule has 2 aromatic heterocycles. The average Bonchev–Trinajstić information content (AvgIpc) is 1.47. The van der Waals surface area contributed by atoms with Crippen molar-refractivity contribution in [1.29, 1.82) is 0 Å². The molecule has 9 aliphatic heterocycles. The number of nitrogens with zero attached hydrogens (tertiary/aromatic N) is 8. The lowest BCUT2D eigenvalue weighted by Crippen LogP contribution is -2.63. The molecule has 9 aliphatic rings. The maximum Gasteiger partial charge on any atom is 0.415 e. The maximum atomic E-state index is 12.7. The number of fused-ring (bicyclic) bond motifs is 6. The van der Waals surface area contributed by atoms with Crippen molar-refractivity contribution in [3.05, 3.63) is 232 Å². The molecule has 0 saturated carbocycles. The van der Waals surface area contributed by atoms with E-state index >= 15 is 0 Å². The summed E-state index contributed by atoms with van der Waals surface area (Å²) in [6.07, 6.45) is 6.95.